The first-order chi connectivity index (χ1) is 18.6. The number of sulfonamides is 1. The van der Waals surface area contributed by atoms with Crippen LogP contribution >= 0.6 is 34.3 Å². The third-order valence-electron chi connectivity index (χ3n) is 5.57. The fraction of sp³-hybridized carbons (Fsp3) is 0.0800. The monoisotopic (exact) mass is 601 g/mol. The molecule has 0 aliphatic carbocycles. The number of amides is 2. The number of anilines is 2. The second-order valence-electron chi connectivity index (χ2n) is 8.44. The van der Waals surface area contributed by atoms with Crippen LogP contribution in [0.3, 0.4) is 0 Å². The maximum Gasteiger partial charge on any atom is 0.333 e. The van der Waals surface area contributed by atoms with E-state index in [2.05, 4.69) is 27.1 Å². The number of nitrogens with one attached hydrogen (secondary N) is 4. The molecule has 10 nitrogen and oxygen atoms in total. The maximum atomic E-state index is 13.2. The minimum absolute atomic E-state index is 0.103. The maximum absolute atomic E-state index is 13.2. The summed E-state index contributed by atoms with van der Waals surface area (Å²) in [5.74, 6) is 0. The smallest absolute Gasteiger partial charge is 0.333 e. The van der Waals surface area contributed by atoms with E-state index in [1.807, 2.05) is 11.6 Å². The van der Waals surface area contributed by atoms with Crippen LogP contribution in [0.4, 0.5) is 16.2 Å². The second-order valence-corrected chi connectivity index (χ2v) is 13.1. The number of H-pyrrole nitrogens is 1. The molecule has 3 heterocycles. The predicted octanol–water partition coefficient (Wildman–Crippen LogP) is 4.89. The zero-order valence-corrected chi connectivity index (χ0v) is 23.4. The number of hydrogen-bond donors (Lipinski definition) is 4. The Morgan fingerprint density at radius 3 is 2.44 bits per heavy atom. The van der Waals surface area contributed by atoms with Crippen molar-refractivity contribution < 1.29 is 13.2 Å². The average Bonchev–Trinajstić information content (AvgIpc) is 3.51. The lowest BCUT2D eigenvalue weighted by Gasteiger charge is -2.10. The fourth-order valence-corrected chi connectivity index (χ4v) is 7.00. The number of urea groups is 1. The van der Waals surface area contributed by atoms with E-state index >= 15 is 0 Å². The molecule has 3 aromatic heterocycles. The highest BCUT2D eigenvalue weighted by molar-refractivity contribution is 7.92. The highest BCUT2D eigenvalue weighted by Crippen LogP contribution is 2.25. The van der Waals surface area contributed by atoms with Crippen LogP contribution in [0, 0.1) is 6.92 Å². The third kappa shape index (κ3) is 5.91. The van der Waals surface area contributed by atoms with E-state index in [1.54, 1.807) is 29.5 Å². The van der Waals surface area contributed by atoms with E-state index in [0.717, 1.165) is 21.6 Å². The van der Waals surface area contributed by atoms with Gasteiger partial charge in [-0.25, -0.2) is 27.3 Å². The molecule has 14 heteroatoms. The highest BCUT2D eigenvalue weighted by Gasteiger charge is 2.20. The Kier molecular flexibility index (Phi) is 7.32. The van der Waals surface area contributed by atoms with Crippen LogP contribution in [0.25, 0.3) is 16.6 Å². The molecule has 0 bridgehead atoms. The molecule has 5 rings (SSSR count). The van der Waals surface area contributed by atoms with Gasteiger partial charge in [0.2, 0.25) is 0 Å². The van der Waals surface area contributed by atoms with Gasteiger partial charge in [-0.15, -0.1) is 22.7 Å². The van der Waals surface area contributed by atoms with Crippen molar-refractivity contribution in [2.24, 2.45) is 0 Å². The zero-order chi connectivity index (χ0) is 27.7. The number of thiophene rings is 2. The molecule has 0 aliphatic rings. The molecule has 0 radical (unpaired) electrons. The SMILES string of the molecule is Cc1csc(CNc2ccc3c(=O)n(-c4ccc(NC(=O)NS(=O)(=O)c5ccc(Cl)s5)cc4)c(=O)[nH]c3c2)c1. The van der Waals surface area contributed by atoms with Gasteiger partial charge in [-0.05, 0) is 78.5 Å². The summed E-state index contributed by atoms with van der Waals surface area (Å²) in [4.78, 5) is 42.1. The molecule has 0 atom stereocenters. The van der Waals surface area contributed by atoms with E-state index < -0.39 is 27.3 Å². The van der Waals surface area contributed by atoms with Gasteiger partial charge in [-0.3, -0.25) is 4.79 Å². The molecule has 2 amide bonds. The molecule has 2 aromatic carbocycles. The second kappa shape index (κ2) is 10.7. The Morgan fingerprint density at radius 1 is 1.03 bits per heavy atom. The van der Waals surface area contributed by atoms with E-state index in [-0.39, 0.29) is 19.9 Å². The van der Waals surface area contributed by atoms with Crippen LogP contribution in [0.5, 0.6) is 0 Å². The van der Waals surface area contributed by atoms with Crippen molar-refractivity contribution in [1.29, 1.82) is 0 Å². The Hall–Kier alpha value is -3.91. The van der Waals surface area contributed by atoms with Crippen LogP contribution in [0.15, 0.2) is 79.8 Å². The van der Waals surface area contributed by atoms with E-state index in [4.69, 9.17) is 11.6 Å². The van der Waals surface area contributed by atoms with E-state index in [9.17, 15) is 22.8 Å². The van der Waals surface area contributed by atoms with Crippen molar-refractivity contribution in [1.82, 2.24) is 14.3 Å². The van der Waals surface area contributed by atoms with Crippen LogP contribution in [-0.4, -0.2) is 24.0 Å². The van der Waals surface area contributed by atoms with E-state index in [0.29, 0.717) is 17.4 Å². The predicted molar refractivity (Wildman–Crippen MR) is 155 cm³/mol. The lowest BCUT2D eigenvalue weighted by atomic mass is 10.2. The molecule has 0 fully saturated rings. The summed E-state index contributed by atoms with van der Waals surface area (Å²) in [6, 6.07) is 14.8. The molecule has 200 valence electrons. The van der Waals surface area contributed by atoms with Crippen molar-refractivity contribution in [2.75, 3.05) is 10.6 Å². The van der Waals surface area contributed by atoms with Crippen molar-refractivity contribution >= 4 is 72.6 Å². The van der Waals surface area contributed by atoms with Gasteiger partial charge in [0.05, 0.1) is 20.9 Å². The standard InChI is InChI=1S/C25H20ClN5O5S3/c1-14-10-18(37-13-14)12-27-16-4-7-19-20(11-16)29-25(34)31(23(19)32)17-5-2-15(3-6-17)28-24(33)30-39(35,36)22-9-8-21(26)38-22/h2-11,13,27H,12H2,1H3,(H,29,34)(H2,28,30,33). The summed E-state index contributed by atoms with van der Waals surface area (Å²) < 4.78 is 27.6. The Bertz CT molecular complexity index is 1920. The summed E-state index contributed by atoms with van der Waals surface area (Å²) in [5.41, 5.74) is 1.74. The molecule has 0 aliphatic heterocycles. The van der Waals surface area contributed by atoms with Gasteiger partial charge in [0.15, 0.2) is 0 Å². The fourth-order valence-electron chi connectivity index (χ4n) is 3.80. The molecule has 4 N–H and O–H groups in total. The molecule has 0 unspecified atom stereocenters. The summed E-state index contributed by atoms with van der Waals surface area (Å²) in [5, 5.41) is 8.10. The number of aromatic amines is 1. The number of carbonyl (C=O) groups is 1. The number of nitrogens with zero attached hydrogens (tertiary/aromatic N) is 1. The normalized spacial score (nSPS) is 11.4. The summed E-state index contributed by atoms with van der Waals surface area (Å²) in [6.07, 6.45) is 0. The minimum Gasteiger partial charge on any atom is -0.380 e. The topological polar surface area (TPSA) is 142 Å². The Labute approximate surface area is 235 Å². The number of fused-ring (bicyclic) bond motifs is 1. The van der Waals surface area contributed by atoms with Crippen LogP contribution in [0.1, 0.15) is 10.4 Å². The molecule has 0 saturated carbocycles. The summed E-state index contributed by atoms with van der Waals surface area (Å²) in [6.45, 7) is 2.65. The lowest BCUT2D eigenvalue weighted by molar-refractivity contribution is 0.256. The van der Waals surface area contributed by atoms with Crippen molar-refractivity contribution in [3.8, 4) is 5.69 Å². The van der Waals surface area contributed by atoms with Crippen LogP contribution in [-0.2, 0) is 16.6 Å². The van der Waals surface area contributed by atoms with Crippen LogP contribution < -0.4 is 26.6 Å². The zero-order valence-electron chi connectivity index (χ0n) is 20.1. The number of benzene rings is 2. The van der Waals surface area contributed by atoms with Gasteiger partial charge in [0.25, 0.3) is 15.6 Å². The first kappa shape index (κ1) is 26.7. The lowest BCUT2D eigenvalue weighted by Crippen LogP contribution is -2.34. The van der Waals surface area contributed by atoms with Gasteiger partial charge in [0.1, 0.15) is 4.21 Å². The summed E-state index contributed by atoms with van der Waals surface area (Å²) >= 11 is 8.24. The average molecular weight is 602 g/mol. The summed E-state index contributed by atoms with van der Waals surface area (Å²) in [7, 11) is -4.08. The van der Waals surface area contributed by atoms with Gasteiger partial charge in [-0.2, -0.15) is 0 Å². The third-order valence-corrected chi connectivity index (χ3v) is 9.68. The molecule has 39 heavy (non-hydrogen) atoms. The molecular weight excluding hydrogens is 582 g/mol. The van der Waals surface area contributed by atoms with Gasteiger partial charge < -0.3 is 15.6 Å². The first-order valence-corrected chi connectivity index (χ1v) is 14.9. The quantitative estimate of drug-likeness (QED) is 0.209. The number of carbonyl (C=O) groups excluding carboxylic acids is 1. The first-order valence-electron chi connectivity index (χ1n) is 11.4. The number of hydrogen-bond acceptors (Lipinski definition) is 8. The molecule has 5 aromatic rings. The minimum atomic E-state index is -4.08. The van der Waals surface area contributed by atoms with Crippen molar-refractivity contribution in [3.05, 3.63) is 102 Å². The number of aryl methyl sites for hydroxylation is 1. The van der Waals surface area contributed by atoms with Crippen molar-refractivity contribution in [3.63, 3.8) is 0 Å². The Morgan fingerprint density at radius 2 is 1.77 bits per heavy atom. The number of rotatable bonds is 7. The number of halogens is 1. The van der Waals surface area contributed by atoms with Gasteiger partial charge >= 0.3 is 11.7 Å². The van der Waals surface area contributed by atoms with Gasteiger partial charge in [0, 0.05) is 22.8 Å². The van der Waals surface area contributed by atoms with Crippen molar-refractivity contribution in [2.45, 2.75) is 17.7 Å². The van der Waals surface area contributed by atoms with Gasteiger partial charge in [-0.1, -0.05) is 11.6 Å². The van der Waals surface area contributed by atoms with Crippen LogP contribution in [0.2, 0.25) is 4.34 Å². The molecular formula is C25H20ClN5O5S3. The van der Waals surface area contributed by atoms with E-state index in [1.165, 1.54) is 46.8 Å². The number of aromatic nitrogens is 2. The Balaban J connectivity index is 1.32. The highest BCUT2D eigenvalue weighted by atomic mass is 35.5. The molecule has 0 spiro atoms. The molecule has 0 saturated heterocycles. The largest absolute Gasteiger partial charge is 0.380 e.